The van der Waals surface area contributed by atoms with Crippen molar-refractivity contribution in [2.24, 2.45) is 27.8 Å². The van der Waals surface area contributed by atoms with Gasteiger partial charge in [-0.25, -0.2) is 4.79 Å². The third-order valence-electron chi connectivity index (χ3n) is 10.5. The van der Waals surface area contributed by atoms with Crippen LogP contribution in [0, 0.1) is 11.3 Å². The van der Waals surface area contributed by atoms with Crippen molar-refractivity contribution < 1.29 is 57.8 Å². The Morgan fingerprint density at radius 1 is 1.11 bits per heavy atom. The van der Waals surface area contributed by atoms with Gasteiger partial charge in [0, 0.05) is 58.1 Å². The summed E-state index contributed by atoms with van der Waals surface area (Å²) in [5.41, 5.74) is 10.8. The highest BCUT2D eigenvalue weighted by Crippen LogP contribution is 2.44. The predicted octanol–water partition coefficient (Wildman–Crippen LogP) is 1.40. The van der Waals surface area contributed by atoms with E-state index in [0.29, 0.717) is 19.3 Å². The van der Waals surface area contributed by atoms with Crippen molar-refractivity contribution in [3.8, 4) is 0 Å². The molecule has 11 unspecified atom stereocenters. The Bertz CT molecular complexity index is 1430. The Morgan fingerprint density at radius 2 is 1.84 bits per heavy atom. The first-order chi connectivity index (χ1) is 26.0. The van der Waals surface area contributed by atoms with Gasteiger partial charge in [-0.3, -0.25) is 14.6 Å². The number of carboxylic acids is 1. The molecule has 17 heteroatoms. The second-order valence-electron chi connectivity index (χ2n) is 14.6. The molecule has 0 bridgehead atoms. The second kappa shape index (κ2) is 21.0. The van der Waals surface area contributed by atoms with E-state index >= 15 is 0 Å². The molecule has 0 aromatic heterocycles. The maximum atomic E-state index is 13.6. The van der Waals surface area contributed by atoms with Crippen molar-refractivity contribution in [3.05, 3.63) is 48.6 Å². The first kappa shape index (κ1) is 45.7. The van der Waals surface area contributed by atoms with Gasteiger partial charge >= 0.3 is 5.97 Å². The Kier molecular flexibility index (Phi) is 17.5. The Morgan fingerprint density at radius 3 is 2.45 bits per heavy atom. The van der Waals surface area contributed by atoms with E-state index in [1.165, 1.54) is 19.3 Å². The van der Waals surface area contributed by atoms with Crippen LogP contribution in [0.5, 0.6) is 0 Å². The lowest BCUT2D eigenvalue weighted by Gasteiger charge is -2.54. The van der Waals surface area contributed by atoms with Crippen molar-refractivity contribution >= 4 is 23.7 Å². The van der Waals surface area contributed by atoms with Crippen molar-refractivity contribution in [3.63, 3.8) is 0 Å². The minimum atomic E-state index is -1.70. The molecular weight excluding hydrogens is 718 g/mol. The number of ether oxygens (including phenoxy) is 7. The molecule has 11 atom stereocenters. The van der Waals surface area contributed by atoms with Crippen LogP contribution in [0.4, 0.5) is 0 Å². The van der Waals surface area contributed by atoms with Crippen molar-refractivity contribution in [2.45, 2.75) is 121 Å². The van der Waals surface area contributed by atoms with Crippen LogP contribution >= 0.6 is 0 Å². The topological polar surface area (TPSA) is 245 Å². The molecule has 3 saturated heterocycles. The van der Waals surface area contributed by atoms with Gasteiger partial charge in [-0.15, -0.1) is 0 Å². The standard InChI is InChI=1S/C38H61N5O12/c1-22-20-38(51-8,55-24(3)23(22)2)31(45)33(46)43-34-30-29(52-21-53-34)32(50-7)37(4,5)27(54-30)19-25(49-6)15-12-10-9-11-13-17-28(44)42-26(35(47)48)16-14-18-41-36(39)40/h9,11-13,15,17,23-27,29-32,34,45H,1,10,14,16,18-21H2,2-8H3,(H,42,44)(H,43,46)(H,47,48)(H4,39,40,41). The number of aliphatic carboxylic acids is 1. The highest BCUT2D eigenvalue weighted by atomic mass is 16.7. The van der Waals surface area contributed by atoms with Gasteiger partial charge in [-0.05, 0) is 26.2 Å². The SMILES string of the molecule is C=C1CC(OC)(C(O)C(=O)NC2OCOC3C2OC(CC(C=CCC=CC=CC(=O)NC(CCCN=C(N)N)C(=O)O)OC)C(C)(C)C3OC)OC(C)C1C. The number of methoxy groups -OCH3 is 3. The van der Waals surface area contributed by atoms with Gasteiger partial charge in [0.05, 0.1) is 24.4 Å². The normalized spacial score (nSPS) is 31.1. The minimum absolute atomic E-state index is 0.0203. The van der Waals surface area contributed by atoms with Gasteiger partial charge in [-0.1, -0.05) is 63.3 Å². The molecule has 3 rings (SSSR count). The molecule has 3 heterocycles. The van der Waals surface area contributed by atoms with Gasteiger partial charge in [0.25, 0.3) is 5.91 Å². The number of rotatable bonds is 19. The summed E-state index contributed by atoms with van der Waals surface area (Å²) in [6.45, 7) is 12.1. The van der Waals surface area contributed by atoms with Crippen LogP contribution in [0.1, 0.15) is 59.8 Å². The molecule has 0 radical (unpaired) electrons. The number of carboxylic acid groups (broad SMARTS) is 1. The number of allylic oxidation sites excluding steroid dienone is 4. The maximum Gasteiger partial charge on any atom is 0.326 e. The molecule has 0 aromatic rings. The highest BCUT2D eigenvalue weighted by Gasteiger charge is 2.57. The number of aliphatic imine (C=N–C) groups is 1. The molecule has 2 amide bonds. The fraction of sp³-hybridized carbons (Fsp3) is 0.684. The largest absolute Gasteiger partial charge is 0.480 e. The lowest BCUT2D eigenvalue weighted by atomic mass is 9.72. The summed E-state index contributed by atoms with van der Waals surface area (Å²) in [5, 5.41) is 25.9. The fourth-order valence-electron chi connectivity index (χ4n) is 6.99. The van der Waals surface area contributed by atoms with E-state index in [4.69, 9.17) is 44.6 Å². The minimum Gasteiger partial charge on any atom is -0.480 e. The smallest absolute Gasteiger partial charge is 0.326 e. The number of hydrogen-bond donors (Lipinski definition) is 6. The van der Waals surface area contributed by atoms with E-state index in [2.05, 4.69) is 22.2 Å². The van der Waals surface area contributed by atoms with Crippen molar-refractivity contribution in [1.29, 1.82) is 0 Å². The first-order valence-electron chi connectivity index (χ1n) is 18.4. The number of carbonyl (C=O) groups is 3. The van der Waals surface area contributed by atoms with E-state index in [1.54, 1.807) is 20.3 Å². The number of nitrogens with one attached hydrogen (secondary N) is 2. The van der Waals surface area contributed by atoms with E-state index < -0.39 is 71.8 Å². The molecule has 8 N–H and O–H groups in total. The third kappa shape index (κ3) is 12.2. The number of nitrogens with zero attached hydrogens (tertiary/aromatic N) is 1. The average Bonchev–Trinajstić information content (AvgIpc) is 3.13. The monoisotopic (exact) mass is 779 g/mol. The Balaban J connectivity index is 1.61. The Labute approximate surface area is 323 Å². The third-order valence-corrected chi connectivity index (χ3v) is 10.5. The molecule has 0 saturated carbocycles. The molecule has 0 aromatic carbocycles. The van der Waals surface area contributed by atoms with Gasteiger partial charge in [0.1, 0.15) is 25.0 Å². The summed E-state index contributed by atoms with van der Waals surface area (Å²) in [4.78, 5) is 41.1. The molecule has 310 valence electrons. The number of fused-ring (bicyclic) bond motifs is 1. The Hall–Kier alpha value is -3.68. The molecule has 0 aliphatic carbocycles. The number of amides is 2. The summed E-state index contributed by atoms with van der Waals surface area (Å²) in [7, 11) is 4.57. The molecule has 3 aliphatic heterocycles. The van der Waals surface area contributed by atoms with E-state index in [1.807, 2.05) is 45.9 Å². The lowest BCUT2D eigenvalue weighted by molar-refractivity contribution is -0.332. The average molecular weight is 780 g/mol. The number of aliphatic hydroxyl groups excluding tert-OH is 1. The van der Waals surface area contributed by atoms with Crippen LogP contribution in [0.2, 0.25) is 0 Å². The van der Waals surface area contributed by atoms with Crippen LogP contribution < -0.4 is 22.1 Å². The summed E-state index contributed by atoms with van der Waals surface area (Å²) in [6.07, 6.45) is 6.04. The number of nitrogens with two attached hydrogens (primary N) is 2. The van der Waals surface area contributed by atoms with Crippen LogP contribution in [-0.4, -0.2) is 129 Å². The van der Waals surface area contributed by atoms with E-state index in [0.717, 1.165) is 5.57 Å². The number of guanidine groups is 1. The molecular formula is C38H61N5O12. The van der Waals surface area contributed by atoms with E-state index in [9.17, 15) is 24.6 Å². The van der Waals surface area contributed by atoms with Gasteiger partial charge in [0.15, 0.2) is 18.3 Å². The van der Waals surface area contributed by atoms with Crippen LogP contribution in [0.15, 0.2) is 53.6 Å². The zero-order chi connectivity index (χ0) is 40.9. The predicted molar refractivity (Wildman–Crippen MR) is 202 cm³/mol. The van der Waals surface area contributed by atoms with Crippen LogP contribution in [-0.2, 0) is 47.5 Å². The highest BCUT2D eigenvalue weighted by molar-refractivity contribution is 5.91. The number of hydrogen-bond acceptors (Lipinski definition) is 12. The molecule has 3 fully saturated rings. The summed E-state index contributed by atoms with van der Waals surface area (Å²) >= 11 is 0. The number of carbonyl (C=O) groups excluding carboxylic acids is 2. The summed E-state index contributed by atoms with van der Waals surface area (Å²) in [6, 6.07) is -1.07. The number of aliphatic hydroxyl groups is 1. The lowest BCUT2D eigenvalue weighted by Crippen LogP contribution is -2.69. The van der Waals surface area contributed by atoms with Crippen LogP contribution in [0.3, 0.4) is 0 Å². The molecule has 3 aliphatic rings. The quantitative estimate of drug-likeness (QED) is 0.0271. The summed E-state index contributed by atoms with van der Waals surface area (Å²) in [5.74, 6) is -4.13. The first-order valence-corrected chi connectivity index (χ1v) is 18.4. The van der Waals surface area contributed by atoms with Gasteiger partial charge < -0.3 is 65.5 Å². The zero-order valence-electron chi connectivity index (χ0n) is 33.0. The van der Waals surface area contributed by atoms with Crippen molar-refractivity contribution in [1.82, 2.24) is 10.6 Å². The maximum absolute atomic E-state index is 13.6. The second-order valence-corrected chi connectivity index (χ2v) is 14.6. The fourth-order valence-corrected chi connectivity index (χ4v) is 6.99. The molecule has 0 spiro atoms. The van der Waals surface area contributed by atoms with Gasteiger partial charge in [-0.2, -0.15) is 0 Å². The van der Waals surface area contributed by atoms with E-state index in [-0.39, 0.29) is 50.3 Å². The van der Waals surface area contributed by atoms with Gasteiger partial charge in [0.2, 0.25) is 11.7 Å². The zero-order valence-corrected chi connectivity index (χ0v) is 33.0. The van der Waals surface area contributed by atoms with Crippen molar-refractivity contribution in [2.75, 3.05) is 34.7 Å². The molecule has 55 heavy (non-hydrogen) atoms. The summed E-state index contributed by atoms with van der Waals surface area (Å²) < 4.78 is 41.9. The van der Waals surface area contributed by atoms with Crippen LogP contribution in [0.25, 0.3) is 0 Å². The molecule has 17 nitrogen and oxygen atoms in total.